The molecule has 0 aromatic rings. The van der Waals surface area contributed by atoms with Crippen LogP contribution >= 0.6 is 0 Å². The van der Waals surface area contributed by atoms with Crippen molar-refractivity contribution >= 4 is 17.5 Å². The Kier molecular flexibility index (Phi) is 4.30. The van der Waals surface area contributed by atoms with E-state index in [0.717, 1.165) is 19.6 Å². The SMILES string of the molecule is CC(CN1CCCC1)NC(=O)C1=NNC(=O)CC1. The summed E-state index contributed by atoms with van der Waals surface area (Å²) in [5, 5.41) is 6.72. The van der Waals surface area contributed by atoms with E-state index in [4.69, 9.17) is 0 Å². The van der Waals surface area contributed by atoms with Crippen LogP contribution in [0.5, 0.6) is 0 Å². The molecule has 6 nitrogen and oxygen atoms in total. The second-order valence-electron chi connectivity index (χ2n) is 4.98. The van der Waals surface area contributed by atoms with Crippen molar-refractivity contribution < 1.29 is 9.59 Å². The van der Waals surface area contributed by atoms with E-state index in [1.807, 2.05) is 6.92 Å². The van der Waals surface area contributed by atoms with E-state index in [0.29, 0.717) is 18.6 Å². The van der Waals surface area contributed by atoms with Gasteiger partial charge in [-0.3, -0.25) is 9.59 Å². The van der Waals surface area contributed by atoms with Gasteiger partial charge in [0.15, 0.2) is 0 Å². The minimum Gasteiger partial charge on any atom is -0.347 e. The molecule has 1 atom stereocenters. The Hall–Kier alpha value is -1.43. The molecule has 1 fully saturated rings. The summed E-state index contributed by atoms with van der Waals surface area (Å²) < 4.78 is 0. The van der Waals surface area contributed by atoms with Gasteiger partial charge in [-0.1, -0.05) is 0 Å². The maximum Gasteiger partial charge on any atom is 0.267 e. The molecule has 0 radical (unpaired) electrons. The first-order valence-corrected chi connectivity index (χ1v) is 6.54. The molecule has 0 aromatic carbocycles. The summed E-state index contributed by atoms with van der Waals surface area (Å²) in [5.74, 6) is -0.293. The lowest BCUT2D eigenvalue weighted by Gasteiger charge is -2.22. The van der Waals surface area contributed by atoms with Gasteiger partial charge >= 0.3 is 0 Å². The molecule has 2 amide bonds. The summed E-state index contributed by atoms with van der Waals surface area (Å²) in [4.78, 5) is 25.2. The number of hydrazone groups is 1. The summed E-state index contributed by atoms with van der Waals surface area (Å²) in [6, 6.07) is 0.107. The molecule has 100 valence electrons. The standard InChI is InChI=1S/C12H20N4O2/c1-9(8-16-6-2-3-7-16)13-12(18)10-4-5-11(17)15-14-10/h9H,2-8H2,1H3,(H,13,18)(H,15,17). The fraction of sp³-hybridized carbons (Fsp3) is 0.750. The van der Waals surface area contributed by atoms with Gasteiger partial charge < -0.3 is 10.2 Å². The predicted molar refractivity (Wildman–Crippen MR) is 68.1 cm³/mol. The van der Waals surface area contributed by atoms with Gasteiger partial charge in [0, 0.05) is 25.4 Å². The molecule has 2 aliphatic rings. The summed E-state index contributed by atoms with van der Waals surface area (Å²) in [5.41, 5.74) is 2.76. The third kappa shape index (κ3) is 3.53. The van der Waals surface area contributed by atoms with E-state index >= 15 is 0 Å². The topological polar surface area (TPSA) is 73.8 Å². The van der Waals surface area contributed by atoms with Gasteiger partial charge in [0.05, 0.1) is 0 Å². The molecule has 1 unspecified atom stereocenters. The van der Waals surface area contributed by atoms with Crippen molar-refractivity contribution in [1.29, 1.82) is 0 Å². The highest BCUT2D eigenvalue weighted by Crippen LogP contribution is 2.07. The van der Waals surface area contributed by atoms with Crippen molar-refractivity contribution in [2.45, 2.75) is 38.6 Å². The summed E-state index contributed by atoms with van der Waals surface area (Å²) in [7, 11) is 0. The lowest BCUT2D eigenvalue weighted by molar-refractivity contribution is -0.121. The molecule has 0 spiro atoms. The number of amides is 2. The van der Waals surface area contributed by atoms with Crippen LogP contribution in [0, 0.1) is 0 Å². The van der Waals surface area contributed by atoms with E-state index in [2.05, 4.69) is 20.7 Å². The van der Waals surface area contributed by atoms with Crippen LogP contribution in [0.25, 0.3) is 0 Å². The average Bonchev–Trinajstić information content (AvgIpc) is 2.82. The Balaban J connectivity index is 1.77. The zero-order valence-electron chi connectivity index (χ0n) is 10.7. The van der Waals surface area contributed by atoms with E-state index in [1.165, 1.54) is 12.8 Å². The molecular formula is C12H20N4O2. The van der Waals surface area contributed by atoms with Crippen molar-refractivity contribution in [3.05, 3.63) is 0 Å². The molecule has 2 heterocycles. The molecule has 2 rings (SSSR count). The highest BCUT2D eigenvalue weighted by molar-refractivity contribution is 6.39. The Bertz CT molecular complexity index is 361. The van der Waals surface area contributed by atoms with Crippen molar-refractivity contribution in [2.24, 2.45) is 5.10 Å². The number of nitrogens with zero attached hydrogens (tertiary/aromatic N) is 2. The number of hydrogen-bond donors (Lipinski definition) is 2. The first-order chi connectivity index (χ1) is 8.65. The molecule has 2 N–H and O–H groups in total. The van der Waals surface area contributed by atoms with Crippen LogP contribution in [-0.4, -0.2) is 48.1 Å². The number of likely N-dealkylation sites (tertiary alicyclic amines) is 1. The first-order valence-electron chi connectivity index (χ1n) is 6.54. The third-order valence-corrected chi connectivity index (χ3v) is 3.27. The van der Waals surface area contributed by atoms with Crippen LogP contribution in [0.4, 0.5) is 0 Å². The minimum atomic E-state index is -0.165. The molecule has 18 heavy (non-hydrogen) atoms. The molecule has 1 saturated heterocycles. The first kappa shape index (κ1) is 13.0. The zero-order chi connectivity index (χ0) is 13.0. The van der Waals surface area contributed by atoms with Crippen molar-refractivity contribution in [3.63, 3.8) is 0 Å². The fourth-order valence-corrected chi connectivity index (χ4v) is 2.34. The average molecular weight is 252 g/mol. The van der Waals surface area contributed by atoms with Crippen LogP contribution in [-0.2, 0) is 9.59 Å². The van der Waals surface area contributed by atoms with Gasteiger partial charge in [-0.2, -0.15) is 5.10 Å². The number of nitrogens with one attached hydrogen (secondary N) is 2. The van der Waals surface area contributed by atoms with Gasteiger partial charge in [0.1, 0.15) is 5.71 Å². The molecule has 0 aliphatic carbocycles. The largest absolute Gasteiger partial charge is 0.347 e. The number of rotatable bonds is 4. The molecule has 2 aliphatic heterocycles. The van der Waals surface area contributed by atoms with Crippen molar-refractivity contribution in [1.82, 2.24) is 15.6 Å². The second-order valence-corrected chi connectivity index (χ2v) is 4.98. The van der Waals surface area contributed by atoms with E-state index in [1.54, 1.807) is 0 Å². The molecule has 0 bridgehead atoms. The smallest absolute Gasteiger partial charge is 0.267 e. The van der Waals surface area contributed by atoms with Crippen LogP contribution < -0.4 is 10.7 Å². The Morgan fingerprint density at radius 1 is 1.44 bits per heavy atom. The minimum absolute atomic E-state index is 0.107. The second kappa shape index (κ2) is 5.95. The quantitative estimate of drug-likeness (QED) is 0.731. The highest BCUT2D eigenvalue weighted by atomic mass is 16.2. The third-order valence-electron chi connectivity index (χ3n) is 3.27. The summed E-state index contributed by atoms with van der Waals surface area (Å²) >= 11 is 0. The summed E-state index contributed by atoms with van der Waals surface area (Å²) in [6.07, 6.45) is 3.26. The van der Waals surface area contributed by atoms with Crippen LogP contribution in [0.15, 0.2) is 5.10 Å². The zero-order valence-corrected chi connectivity index (χ0v) is 10.7. The van der Waals surface area contributed by atoms with Gasteiger partial charge in [0.25, 0.3) is 5.91 Å². The Morgan fingerprint density at radius 3 is 2.78 bits per heavy atom. The maximum absolute atomic E-state index is 11.9. The van der Waals surface area contributed by atoms with Gasteiger partial charge in [-0.25, -0.2) is 5.43 Å². The Labute approximate surface area is 107 Å². The molecule has 0 saturated carbocycles. The lowest BCUT2D eigenvalue weighted by atomic mass is 10.1. The fourth-order valence-electron chi connectivity index (χ4n) is 2.34. The molecular weight excluding hydrogens is 232 g/mol. The van der Waals surface area contributed by atoms with Crippen molar-refractivity contribution in [2.75, 3.05) is 19.6 Å². The summed E-state index contributed by atoms with van der Waals surface area (Å²) in [6.45, 7) is 5.12. The number of carbonyl (C=O) groups excluding carboxylic acids is 2. The van der Waals surface area contributed by atoms with Crippen LogP contribution in [0.2, 0.25) is 0 Å². The van der Waals surface area contributed by atoms with Gasteiger partial charge in [0.2, 0.25) is 5.91 Å². The highest BCUT2D eigenvalue weighted by Gasteiger charge is 2.21. The number of hydrogen-bond acceptors (Lipinski definition) is 4. The molecule has 6 heteroatoms. The van der Waals surface area contributed by atoms with Crippen LogP contribution in [0.3, 0.4) is 0 Å². The van der Waals surface area contributed by atoms with Crippen LogP contribution in [0.1, 0.15) is 32.6 Å². The predicted octanol–water partition coefficient (Wildman–Crippen LogP) is -0.147. The maximum atomic E-state index is 11.9. The van der Waals surface area contributed by atoms with Crippen molar-refractivity contribution in [3.8, 4) is 0 Å². The van der Waals surface area contributed by atoms with Gasteiger partial charge in [-0.05, 0) is 32.9 Å². The lowest BCUT2D eigenvalue weighted by Crippen LogP contribution is -2.45. The van der Waals surface area contributed by atoms with E-state index < -0.39 is 0 Å². The monoisotopic (exact) mass is 252 g/mol. The number of carbonyl (C=O) groups is 2. The normalized spacial score (nSPS) is 22.3. The van der Waals surface area contributed by atoms with E-state index in [-0.39, 0.29) is 17.9 Å². The Morgan fingerprint density at radius 2 is 2.17 bits per heavy atom. The molecule has 0 aromatic heterocycles. The van der Waals surface area contributed by atoms with E-state index in [9.17, 15) is 9.59 Å². The van der Waals surface area contributed by atoms with Gasteiger partial charge in [-0.15, -0.1) is 0 Å².